The van der Waals surface area contributed by atoms with Crippen LogP contribution < -0.4 is 5.32 Å². The van der Waals surface area contributed by atoms with Gasteiger partial charge in [0.25, 0.3) is 0 Å². The van der Waals surface area contributed by atoms with Gasteiger partial charge >= 0.3 is 0 Å². The Morgan fingerprint density at radius 3 is 2.33 bits per heavy atom. The summed E-state index contributed by atoms with van der Waals surface area (Å²) in [6.07, 6.45) is 8.61. The molecule has 0 spiro atoms. The normalized spacial score (nSPS) is 30.7. The second-order valence-electron chi connectivity index (χ2n) is 6.92. The molecule has 108 valence electrons. The van der Waals surface area contributed by atoms with E-state index in [0.717, 1.165) is 23.7 Å². The third kappa shape index (κ3) is 5.30. The Kier molecular flexibility index (Phi) is 7.29. The van der Waals surface area contributed by atoms with Crippen LogP contribution in [0.5, 0.6) is 0 Å². The van der Waals surface area contributed by atoms with E-state index in [1.165, 1.54) is 45.1 Å². The van der Waals surface area contributed by atoms with Crippen molar-refractivity contribution in [1.82, 2.24) is 5.32 Å². The van der Waals surface area contributed by atoms with Crippen molar-refractivity contribution < 1.29 is 0 Å². The maximum atomic E-state index is 3.67. The Bertz CT molecular complexity index is 210. The highest BCUT2D eigenvalue weighted by Crippen LogP contribution is 2.39. The van der Waals surface area contributed by atoms with Crippen molar-refractivity contribution in [3.63, 3.8) is 0 Å². The van der Waals surface area contributed by atoms with Crippen molar-refractivity contribution in [3.8, 4) is 0 Å². The van der Waals surface area contributed by atoms with Gasteiger partial charge in [0.2, 0.25) is 0 Å². The molecule has 0 amide bonds. The molecule has 1 aliphatic carbocycles. The van der Waals surface area contributed by atoms with E-state index in [4.69, 9.17) is 0 Å². The first-order chi connectivity index (χ1) is 8.56. The van der Waals surface area contributed by atoms with Gasteiger partial charge in [-0.1, -0.05) is 53.9 Å². The van der Waals surface area contributed by atoms with Gasteiger partial charge in [-0.25, -0.2) is 0 Å². The minimum absolute atomic E-state index is 0.637. The van der Waals surface area contributed by atoms with Crippen molar-refractivity contribution >= 4 is 0 Å². The molecule has 0 heterocycles. The van der Waals surface area contributed by atoms with Crippen LogP contribution in [0.25, 0.3) is 0 Å². The van der Waals surface area contributed by atoms with Crippen molar-refractivity contribution in [2.24, 2.45) is 23.7 Å². The third-order valence-corrected chi connectivity index (χ3v) is 5.02. The van der Waals surface area contributed by atoms with Crippen LogP contribution in [0.15, 0.2) is 0 Å². The second kappa shape index (κ2) is 8.19. The summed E-state index contributed by atoms with van der Waals surface area (Å²) < 4.78 is 0. The summed E-state index contributed by atoms with van der Waals surface area (Å²) >= 11 is 0. The molecule has 18 heavy (non-hydrogen) atoms. The van der Waals surface area contributed by atoms with E-state index in [0.29, 0.717) is 6.04 Å². The largest absolute Gasteiger partial charge is 0.314 e. The monoisotopic (exact) mass is 253 g/mol. The van der Waals surface area contributed by atoms with Crippen LogP contribution in [0.2, 0.25) is 0 Å². The van der Waals surface area contributed by atoms with E-state index >= 15 is 0 Å². The summed E-state index contributed by atoms with van der Waals surface area (Å²) in [6, 6.07) is 0.637. The fraction of sp³-hybridized carbons (Fsp3) is 1.00. The SMILES string of the molecule is CCC(C)CC1CC(CC)CCC1CNC(C)C. The van der Waals surface area contributed by atoms with Crippen LogP contribution in [0, 0.1) is 23.7 Å². The first-order valence-corrected chi connectivity index (χ1v) is 8.30. The van der Waals surface area contributed by atoms with Gasteiger partial charge in [-0.3, -0.25) is 0 Å². The van der Waals surface area contributed by atoms with Crippen molar-refractivity contribution in [2.45, 2.75) is 79.2 Å². The zero-order valence-corrected chi connectivity index (χ0v) is 13.3. The molecule has 1 fully saturated rings. The fourth-order valence-corrected chi connectivity index (χ4v) is 3.42. The fourth-order valence-electron chi connectivity index (χ4n) is 3.42. The maximum Gasteiger partial charge on any atom is 0.00104 e. The van der Waals surface area contributed by atoms with Crippen LogP contribution in [-0.2, 0) is 0 Å². The zero-order chi connectivity index (χ0) is 13.5. The van der Waals surface area contributed by atoms with Gasteiger partial charge in [0.1, 0.15) is 0 Å². The average molecular weight is 253 g/mol. The van der Waals surface area contributed by atoms with Gasteiger partial charge in [0.05, 0.1) is 0 Å². The Hall–Kier alpha value is -0.0400. The molecule has 1 saturated carbocycles. The predicted octanol–water partition coefficient (Wildman–Crippen LogP) is 4.86. The number of rotatable bonds is 7. The highest BCUT2D eigenvalue weighted by Gasteiger charge is 2.30. The molecule has 0 radical (unpaired) electrons. The highest BCUT2D eigenvalue weighted by molar-refractivity contribution is 4.82. The lowest BCUT2D eigenvalue weighted by atomic mass is 9.70. The summed E-state index contributed by atoms with van der Waals surface area (Å²) in [4.78, 5) is 0. The minimum atomic E-state index is 0.637. The van der Waals surface area contributed by atoms with Crippen LogP contribution in [0.4, 0.5) is 0 Å². The van der Waals surface area contributed by atoms with Gasteiger partial charge in [-0.05, 0) is 49.5 Å². The third-order valence-electron chi connectivity index (χ3n) is 5.02. The van der Waals surface area contributed by atoms with E-state index in [1.54, 1.807) is 0 Å². The quantitative estimate of drug-likeness (QED) is 0.683. The Labute approximate surface area is 115 Å². The molecular formula is C17H35N. The molecule has 1 rings (SSSR count). The van der Waals surface area contributed by atoms with Gasteiger partial charge in [-0.2, -0.15) is 0 Å². The van der Waals surface area contributed by atoms with Crippen molar-refractivity contribution in [3.05, 3.63) is 0 Å². The predicted molar refractivity (Wildman–Crippen MR) is 81.8 cm³/mol. The van der Waals surface area contributed by atoms with E-state index in [9.17, 15) is 0 Å². The van der Waals surface area contributed by atoms with Gasteiger partial charge < -0.3 is 5.32 Å². The van der Waals surface area contributed by atoms with Gasteiger partial charge in [-0.15, -0.1) is 0 Å². The minimum Gasteiger partial charge on any atom is -0.314 e. The van der Waals surface area contributed by atoms with Crippen LogP contribution in [0.1, 0.15) is 73.1 Å². The molecule has 4 unspecified atom stereocenters. The summed E-state index contributed by atoms with van der Waals surface area (Å²) in [7, 11) is 0. The summed E-state index contributed by atoms with van der Waals surface area (Å²) in [5.41, 5.74) is 0. The molecule has 1 nitrogen and oxygen atoms in total. The molecule has 1 N–H and O–H groups in total. The lowest BCUT2D eigenvalue weighted by Crippen LogP contribution is -2.36. The Morgan fingerprint density at radius 2 is 1.78 bits per heavy atom. The van der Waals surface area contributed by atoms with Crippen molar-refractivity contribution in [2.75, 3.05) is 6.54 Å². The van der Waals surface area contributed by atoms with Gasteiger partial charge in [0, 0.05) is 6.04 Å². The summed E-state index contributed by atoms with van der Waals surface area (Å²) in [6.45, 7) is 12.9. The molecule has 0 saturated heterocycles. The molecule has 0 aromatic carbocycles. The van der Waals surface area contributed by atoms with E-state index < -0.39 is 0 Å². The van der Waals surface area contributed by atoms with Crippen LogP contribution in [-0.4, -0.2) is 12.6 Å². The summed E-state index contributed by atoms with van der Waals surface area (Å²) in [5, 5.41) is 3.67. The zero-order valence-electron chi connectivity index (χ0n) is 13.3. The van der Waals surface area contributed by atoms with E-state index in [-0.39, 0.29) is 0 Å². The lowest BCUT2D eigenvalue weighted by molar-refractivity contribution is 0.145. The van der Waals surface area contributed by atoms with Gasteiger partial charge in [0.15, 0.2) is 0 Å². The standard InChI is InChI=1S/C17H35N/c1-6-14(5)10-17-11-15(7-2)8-9-16(17)12-18-13(3)4/h13-18H,6-12H2,1-5H3. The molecule has 0 aromatic rings. The number of nitrogens with one attached hydrogen (secondary N) is 1. The topological polar surface area (TPSA) is 12.0 Å². The highest BCUT2D eigenvalue weighted by atomic mass is 14.9. The summed E-state index contributed by atoms with van der Waals surface area (Å²) in [5.74, 6) is 3.83. The number of hydrogen-bond donors (Lipinski definition) is 1. The first-order valence-electron chi connectivity index (χ1n) is 8.30. The molecular weight excluding hydrogens is 218 g/mol. The molecule has 1 heteroatoms. The molecule has 4 atom stereocenters. The number of hydrogen-bond acceptors (Lipinski definition) is 1. The van der Waals surface area contributed by atoms with Crippen molar-refractivity contribution in [1.29, 1.82) is 0 Å². The Morgan fingerprint density at radius 1 is 1.06 bits per heavy atom. The maximum absolute atomic E-state index is 3.67. The Balaban J connectivity index is 2.50. The first kappa shape index (κ1) is 16.0. The molecule has 0 bridgehead atoms. The lowest BCUT2D eigenvalue weighted by Gasteiger charge is -2.38. The smallest absolute Gasteiger partial charge is 0.00104 e. The van der Waals surface area contributed by atoms with Crippen LogP contribution in [0.3, 0.4) is 0 Å². The second-order valence-corrected chi connectivity index (χ2v) is 6.92. The molecule has 0 aromatic heterocycles. The molecule has 0 aliphatic heterocycles. The molecule has 1 aliphatic rings. The van der Waals surface area contributed by atoms with E-state index in [2.05, 4.69) is 39.9 Å². The van der Waals surface area contributed by atoms with Crippen LogP contribution >= 0.6 is 0 Å². The van der Waals surface area contributed by atoms with E-state index in [1.807, 2.05) is 0 Å². The average Bonchev–Trinajstić information content (AvgIpc) is 2.36.